The number of rotatable bonds is 2. The molecule has 0 radical (unpaired) electrons. The highest BCUT2D eigenvalue weighted by Crippen LogP contribution is 2.63. The van der Waals surface area contributed by atoms with E-state index in [9.17, 15) is 0 Å². The molecule has 0 nitrogen and oxygen atoms in total. The molecule has 1 aromatic rings. The SMILES string of the molecule is C=C/C=C\C=C1/CC(C)(C)CC12CC(C)(C)c1ccccc12. The van der Waals surface area contributed by atoms with Gasteiger partial charge in [0, 0.05) is 5.41 Å². The molecule has 0 amide bonds. The van der Waals surface area contributed by atoms with Crippen molar-refractivity contribution in [2.24, 2.45) is 5.41 Å². The Morgan fingerprint density at radius 1 is 0.955 bits per heavy atom. The van der Waals surface area contributed by atoms with Crippen molar-refractivity contribution in [3.05, 3.63) is 71.8 Å². The van der Waals surface area contributed by atoms with Crippen molar-refractivity contribution >= 4 is 0 Å². The number of hydrogen-bond donors (Lipinski definition) is 0. The molecule has 0 heterocycles. The summed E-state index contributed by atoms with van der Waals surface area (Å²) in [6.07, 6.45) is 12.1. The van der Waals surface area contributed by atoms with Gasteiger partial charge in [0.2, 0.25) is 0 Å². The first-order valence-electron chi connectivity index (χ1n) is 8.40. The predicted octanol–water partition coefficient (Wildman–Crippen LogP) is 6.09. The normalized spacial score (nSPS) is 30.3. The Morgan fingerprint density at radius 2 is 1.64 bits per heavy atom. The van der Waals surface area contributed by atoms with Crippen molar-refractivity contribution in [2.75, 3.05) is 0 Å². The average Bonchev–Trinajstić information content (AvgIpc) is 2.82. The summed E-state index contributed by atoms with van der Waals surface area (Å²) in [5, 5.41) is 0. The van der Waals surface area contributed by atoms with Crippen LogP contribution in [0.5, 0.6) is 0 Å². The van der Waals surface area contributed by atoms with Crippen LogP contribution in [0.15, 0.2) is 60.7 Å². The van der Waals surface area contributed by atoms with E-state index in [2.05, 4.69) is 70.7 Å². The minimum atomic E-state index is 0.231. The fourth-order valence-electron chi connectivity index (χ4n) is 5.03. The lowest BCUT2D eigenvalue weighted by Crippen LogP contribution is -2.25. The van der Waals surface area contributed by atoms with Crippen molar-refractivity contribution in [2.45, 2.75) is 57.8 Å². The van der Waals surface area contributed by atoms with E-state index in [0.29, 0.717) is 5.41 Å². The molecule has 3 rings (SSSR count). The van der Waals surface area contributed by atoms with Gasteiger partial charge < -0.3 is 0 Å². The van der Waals surface area contributed by atoms with Crippen LogP contribution in [0.2, 0.25) is 0 Å². The van der Waals surface area contributed by atoms with Gasteiger partial charge in [-0.3, -0.25) is 0 Å². The monoisotopic (exact) mass is 292 g/mol. The fourth-order valence-corrected chi connectivity index (χ4v) is 5.03. The van der Waals surface area contributed by atoms with E-state index in [1.54, 1.807) is 16.7 Å². The van der Waals surface area contributed by atoms with Crippen molar-refractivity contribution < 1.29 is 0 Å². The molecule has 116 valence electrons. The van der Waals surface area contributed by atoms with Gasteiger partial charge in [-0.05, 0) is 41.2 Å². The Bertz CT molecular complexity index is 654. The smallest absolute Gasteiger partial charge is 0.0181 e. The maximum absolute atomic E-state index is 3.79. The molecule has 2 aliphatic carbocycles. The quantitative estimate of drug-likeness (QED) is 0.578. The highest BCUT2D eigenvalue weighted by Gasteiger charge is 2.55. The fraction of sp³-hybridized carbons (Fsp3) is 0.455. The van der Waals surface area contributed by atoms with Gasteiger partial charge in [-0.15, -0.1) is 0 Å². The Labute approximate surface area is 135 Å². The lowest BCUT2D eigenvalue weighted by Gasteiger charge is -2.30. The van der Waals surface area contributed by atoms with E-state index in [-0.39, 0.29) is 10.8 Å². The molecule has 2 aliphatic rings. The summed E-state index contributed by atoms with van der Waals surface area (Å²) in [5.74, 6) is 0. The molecule has 1 spiro atoms. The van der Waals surface area contributed by atoms with Crippen molar-refractivity contribution in [3.63, 3.8) is 0 Å². The van der Waals surface area contributed by atoms with Crippen LogP contribution < -0.4 is 0 Å². The minimum Gasteiger partial charge on any atom is -0.0991 e. The molecule has 1 saturated carbocycles. The third-order valence-electron chi connectivity index (χ3n) is 5.52. The Morgan fingerprint density at radius 3 is 2.32 bits per heavy atom. The van der Waals surface area contributed by atoms with Gasteiger partial charge in [-0.2, -0.15) is 0 Å². The van der Waals surface area contributed by atoms with E-state index >= 15 is 0 Å². The van der Waals surface area contributed by atoms with E-state index in [1.807, 2.05) is 12.2 Å². The van der Waals surface area contributed by atoms with Crippen LogP contribution in [-0.4, -0.2) is 0 Å². The molecule has 1 aromatic carbocycles. The number of allylic oxidation sites excluding steroid dienone is 5. The van der Waals surface area contributed by atoms with Gasteiger partial charge in [-0.1, -0.05) is 88.4 Å². The van der Waals surface area contributed by atoms with E-state index in [1.165, 1.54) is 19.3 Å². The second-order valence-electron chi connectivity index (χ2n) is 8.52. The van der Waals surface area contributed by atoms with Crippen molar-refractivity contribution in [1.29, 1.82) is 0 Å². The third kappa shape index (κ3) is 2.29. The summed E-state index contributed by atoms with van der Waals surface area (Å²) in [6.45, 7) is 13.4. The number of fused-ring (bicyclic) bond motifs is 2. The van der Waals surface area contributed by atoms with Gasteiger partial charge in [-0.25, -0.2) is 0 Å². The van der Waals surface area contributed by atoms with Gasteiger partial charge in [0.1, 0.15) is 0 Å². The summed E-state index contributed by atoms with van der Waals surface area (Å²) < 4.78 is 0. The molecule has 0 heteroatoms. The van der Waals surface area contributed by atoms with Crippen LogP contribution in [0.1, 0.15) is 58.1 Å². The maximum atomic E-state index is 3.79. The Balaban J connectivity index is 2.17. The zero-order valence-electron chi connectivity index (χ0n) is 14.4. The molecule has 0 bridgehead atoms. The first-order chi connectivity index (χ1) is 10.3. The highest BCUT2D eigenvalue weighted by atomic mass is 14.6. The summed E-state index contributed by atoms with van der Waals surface area (Å²) in [6, 6.07) is 9.12. The first kappa shape index (κ1) is 15.3. The van der Waals surface area contributed by atoms with Crippen molar-refractivity contribution in [3.8, 4) is 0 Å². The largest absolute Gasteiger partial charge is 0.0991 e. The van der Waals surface area contributed by atoms with Gasteiger partial charge >= 0.3 is 0 Å². The summed E-state index contributed by atoms with van der Waals surface area (Å²) in [5.41, 5.74) is 5.60. The molecule has 1 atom stereocenters. The van der Waals surface area contributed by atoms with Crippen LogP contribution in [0.3, 0.4) is 0 Å². The first-order valence-corrected chi connectivity index (χ1v) is 8.40. The topological polar surface area (TPSA) is 0 Å². The van der Waals surface area contributed by atoms with E-state index < -0.39 is 0 Å². The Hall–Kier alpha value is -1.56. The standard InChI is InChI=1S/C22H28/c1-6-7-8-11-17-14-20(2,3)15-22(17)16-21(4,5)18-12-9-10-13-19(18)22/h6-13H,1,14-16H2,2-5H3/b8-7-,17-11+. The second kappa shape index (κ2) is 4.98. The summed E-state index contributed by atoms with van der Waals surface area (Å²) in [4.78, 5) is 0. The second-order valence-corrected chi connectivity index (χ2v) is 8.52. The predicted molar refractivity (Wildman–Crippen MR) is 96.2 cm³/mol. The molecule has 1 unspecified atom stereocenters. The molecule has 0 saturated heterocycles. The summed E-state index contributed by atoms with van der Waals surface area (Å²) in [7, 11) is 0. The molecular weight excluding hydrogens is 264 g/mol. The van der Waals surface area contributed by atoms with E-state index in [0.717, 1.165) is 0 Å². The maximum Gasteiger partial charge on any atom is 0.0181 e. The molecule has 0 N–H and O–H groups in total. The van der Waals surface area contributed by atoms with Crippen LogP contribution >= 0.6 is 0 Å². The zero-order valence-corrected chi connectivity index (χ0v) is 14.4. The third-order valence-corrected chi connectivity index (χ3v) is 5.52. The average molecular weight is 292 g/mol. The lowest BCUT2D eigenvalue weighted by molar-refractivity contribution is 0.313. The van der Waals surface area contributed by atoms with Crippen LogP contribution in [0, 0.1) is 5.41 Å². The summed E-state index contributed by atoms with van der Waals surface area (Å²) >= 11 is 0. The molecule has 0 aromatic heterocycles. The van der Waals surface area contributed by atoms with Crippen molar-refractivity contribution in [1.82, 2.24) is 0 Å². The molecule has 22 heavy (non-hydrogen) atoms. The lowest BCUT2D eigenvalue weighted by atomic mass is 9.73. The van der Waals surface area contributed by atoms with E-state index in [4.69, 9.17) is 0 Å². The number of hydrogen-bond acceptors (Lipinski definition) is 0. The molecule has 1 fully saturated rings. The molecule has 0 aliphatic heterocycles. The Kier molecular flexibility index (Phi) is 3.47. The zero-order chi connectivity index (χ0) is 16.0. The minimum absolute atomic E-state index is 0.231. The number of benzene rings is 1. The van der Waals surface area contributed by atoms with Gasteiger partial charge in [0.25, 0.3) is 0 Å². The highest BCUT2D eigenvalue weighted by molar-refractivity contribution is 5.53. The van der Waals surface area contributed by atoms with Crippen LogP contribution in [0.25, 0.3) is 0 Å². The van der Waals surface area contributed by atoms with Crippen LogP contribution in [0.4, 0.5) is 0 Å². The molecular formula is C22H28. The van der Waals surface area contributed by atoms with Crippen LogP contribution in [-0.2, 0) is 10.8 Å². The van der Waals surface area contributed by atoms with Gasteiger partial charge in [0.05, 0.1) is 0 Å². The van der Waals surface area contributed by atoms with Gasteiger partial charge in [0.15, 0.2) is 0 Å².